The topological polar surface area (TPSA) is 55.7 Å². The molecule has 2 rings (SSSR count). The van der Waals surface area contributed by atoms with Gasteiger partial charge in [0, 0.05) is 17.1 Å². The summed E-state index contributed by atoms with van der Waals surface area (Å²) in [6.07, 6.45) is 0. The molecule has 0 fully saturated rings. The molecule has 0 unspecified atom stereocenters. The second-order valence-electron chi connectivity index (χ2n) is 2.85. The molecule has 0 amide bonds. The van der Waals surface area contributed by atoms with Gasteiger partial charge in [-0.3, -0.25) is 4.79 Å². The van der Waals surface area contributed by atoms with Crippen LogP contribution in [0.25, 0.3) is 0 Å². The number of rotatable bonds is 4. The van der Waals surface area contributed by atoms with E-state index in [1.807, 2.05) is 0 Å². The highest BCUT2D eigenvalue weighted by Crippen LogP contribution is 2.18. The van der Waals surface area contributed by atoms with Crippen LogP contribution >= 0.6 is 23.3 Å². The molecule has 0 atom stereocenters. The van der Waals surface area contributed by atoms with E-state index in [1.165, 1.54) is 36.0 Å². The van der Waals surface area contributed by atoms with Gasteiger partial charge in [-0.1, -0.05) is 16.3 Å². The van der Waals surface area contributed by atoms with Gasteiger partial charge in [0.2, 0.25) is 0 Å². The third-order valence-corrected chi connectivity index (χ3v) is 3.48. The molecule has 0 N–H and O–H groups in total. The normalized spacial score (nSPS) is 10.3. The van der Waals surface area contributed by atoms with Crippen molar-refractivity contribution in [3.8, 4) is 0 Å². The molecule has 1 heterocycles. The first-order valence-electron chi connectivity index (χ1n) is 4.32. The van der Waals surface area contributed by atoms with Crippen LogP contribution in [0.1, 0.15) is 10.4 Å². The summed E-state index contributed by atoms with van der Waals surface area (Å²) in [5, 5.41) is 7.13. The molecule has 0 spiro atoms. The highest BCUT2D eigenvalue weighted by Gasteiger charge is 2.08. The molecule has 0 aliphatic heterocycles. The Morgan fingerprint density at radius 2 is 2.12 bits per heavy atom. The highest BCUT2D eigenvalue weighted by atomic mass is 32.2. The van der Waals surface area contributed by atoms with Crippen molar-refractivity contribution in [2.45, 2.75) is 4.34 Å². The molecule has 0 aliphatic rings. The van der Waals surface area contributed by atoms with Crippen LogP contribution in [0, 0.1) is 5.82 Å². The van der Waals surface area contributed by atoms with Gasteiger partial charge in [-0.2, -0.15) is 0 Å². The van der Waals surface area contributed by atoms with Gasteiger partial charge in [-0.15, -0.1) is 5.10 Å². The minimum Gasteiger partial charge on any atom is -0.293 e. The fourth-order valence-corrected chi connectivity index (χ4v) is 2.25. The van der Waals surface area contributed by atoms with Gasteiger partial charge < -0.3 is 0 Å². The van der Waals surface area contributed by atoms with Crippen molar-refractivity contribution in [1.29, 1.82) is 0 Å². The second-order valence-corrected chi connectivity index (χ2v) is 4.80. The molecule has 0 radical (unpaired) electrons. The number of nitrogens with zero attached hydrogens (tertiary/aromatic N) is 3. The molecular formula is C9H6FN3OS2. The molecule has 4 nitrogen and oxygen atoms in total. The van der Waals surface area contributed by atoms with Gasteiger partial charge in [0.1, 0.15) is 5.82 Å². The first kappa shape index (κ1) is 11.2. The number of hydrogen-bond acceptors (Lipinski definition) is 6. The zero-order valence-corrected chi connectivity index (χ0v) is 9.59. The molecule has 0 saturated carbocycles. The third-order valence-electron chi connectivity index (χ3n) is 1.77. The summed E-state index contributed by atoms with van der Waals surface area (Å²) in [4.78, 5) is 11.6. The van der Waals surface area contributed by atoms with Crippen LogP contribution < -0.4 is 0 Å². The van der Waals surface area contributed by atoms with E-state index in [4.69, 9.17) is 0 Å². The number of thioether (sulfide) groups is 1. The lowest BCUT2D eigenvalue weighted by Crippen LogP contribution is -2.01. The predicted molar refractivity (Wildman–Crippen MR) is 59.2 cm³/mol. The summed E-state index contributed by atoms with van der Waals surface area (Å²) >= 11 is 2.41. The van der Waals surface area contributed by atoms with Crippen LogP contribution in [0.15, 0.2) is 28.6 Å². The summed E-state index contributed by atoms with van der Waals surface area (Å²) in [6.45, 7) is 0. The number of aromatic nitrogens is 3. The molecule has 0 saturated heterocycles. The van der Waals surface area contributed by atoms with E-state index < -0.39 is 0 Å². The van der Waals surface area contributed by atoms with Gasteiger partial charge in [0.25, 0.3) is 0 Å². The van der Waals surface area contributed by atoms with Crippen molar-refractivity contribution in [1.82, 2.24) is 14.8 Å². The Hall–Kier alpha value is -1.34. The van der Waals surface area contributed by atoms with Crippen molar-refractivity contribution in [3.05, 3.63) is 35.6 Å². The molecule has 0 aliphatic carbocycles. The summed E-state index contributed by atoms with van der Waals surface area (Å²) in [5.74, 6) is -0.166. The minimum absolute atomic E-state index is 0.0693. The summed E-state index contributed by atoms with van der Waals surface area (Å²) in [7, 11) is 0. The smallest absolute Gasteiger partial charge is 0.194 e. The molecular weight excluding hydrogens is 249 g/mol. The molecule has 2 aromatic rings. The number of hydrogen-bond donors (Lipinski definition) is 0. The lowest BCUT2D eigenvalue weighted by Gasteiger charge is -1.98. The van der Waals surface area contributed by atoms with Crippen LogP contribution in [-0.4, -0.2) is 26.3 Å². The quantitative estimate of drug-likeness (QED) is 0.618. The molecule has 16 heavy (non-hydrogen) atoms. The first-order chi connectivity index (χ1) is 7.75. The van der Waals surface area contributed by atoms with Crippen LogP contribution in [0.4, 0.5) is 4.39 Å². The predicted octanol–water partition coefficient (Wildman–Crippen LogP) is 2.05. The Morgan fingerprint density at radius 1 is 1.38 bits per heavy atom. The maximum absolute atomic E-state index is 12.6. The van der Waals surface area contributed by atoms with Gasteiger partial charge in [-0.25, -0.2) is 4.39 Å². The Balaban J connectivity index is 1.95. The highest BCUT2D eigenvalue weighted by molar-refractivity contribution is 8.01. The van der Waals surface area contributed by atoms with Crippen LogP contribution in [0.2, 0.25) is 0 Å². The molecule has 1 aromatic carbocycles. The van der Waals surface area contributed by atoms with Gasteiger partial charge in [-0.05, 0) is 29.5 Å². The summed E-state index contributed by atoms with van der Waals surface area (Å²) in [5.41, 5.74) is 0.492. The van der Waals surface area contributed by atoms with Gasteiger partial charge in [0.05, 0.1) is 5.75 Å². The average Bonchev–Trinajstić information content (AvgIpc) is 2.80. The van der Waals surface area contributed by atoms with Crippen LogP contribution in [0.5, 0.6) is 0 Å². The Morgan fingerprint density at radius 3 is 2.75 bits per heavy atom. The average molecular weight is 255 g/mol. The van der Waals surface area contributed by atoms with Crippen molar-refractivity contribution >= 4 is 29.1 Å². The Bertz CT molecular complexity index is 472. The van der Waals surface area contributed by atoms with Crippen molar-refractivity contribution < 1.29 is 9.18 Å². The maximum Gasteiger partial charge on any atom is 0.194 e. The second kappa shape index (κ2) is 5.13. The summed E-state index contributed by atoms with van der Waals surface area (Å²) < 4.78 is 16.8. The number of carbonyl (C=O) groups is 1. The number of ketones is 1. The number of benzene rings is 1. The number of halogens is 1. The standard InChI is InChI=1S/C9H6FN3OS2/c10-7-3-1-6(2-4-7)8(14)5-15-9-11-12-13-16-9/h1-4H,5H2. The fraction of sp³-hybridized carbons (Fsp3) is 0.111. The minimum atomic E-state index is -0.350. The van der Waals surface area contributed by atoms with Crippen molar-refractivity contribution in [3.63, 3.8) is 0 Å². The number of carbonyl (C=O) groups excluding carboxylic acids is 1. The zero-order valence-electron chi connectivity index (χ0n) is 7.96. The first-order valence-corrected chi connectivity index (χ1v) is 6.08. The largest absolute Gasteiger partial charge is 0.293 e. The van der Waals surface area contributed by atoms with E-state index in [-0.39, 0.29) is 17.4 Å². The van der Waals surface area contributed by atoms with E-state index in [0.29, 0.717) is 9.90 Å². The van der Waals surface area contributed by atoms with Gasteiger partial charge >= 0.3 is 0 Å². The van der Waals surface area contributed by atoms with E-state index >= 15 is 0 Å². The maximum atomic E-state index is 12.6. The van der Waals surface area contributed by atoms with E-state index in [2.05, 4.69) is 14.8 Å². The van der Waals surface area contributed by atoms with Crippen LogP contribution in [-0.2, 0) is 0 Å². The molecule has 0 bridgehead atoms. The van der Waals surface area contributed by atoms with Crippen molar-refractivity contribution in [2.75, 3.05) is 5.75 Å². The van der Waals surface area contributed by atoms with Gasteiger partial charge in [0.15, 0.2) is 10.1 Å². The SMILES string of the molecule is O=C(CSc1nnns1)c1ccc(F)cc1. The Kier molecular flexibility index (Phi) is 3.58. The summed E-state index contributed by atoms with van der Waals surface area (Å²) in [6, 6.07) is 5.47. The van der Waals surface area contributed by atoms with E-state index in [1.54, 1.807) is 0 Å². The monoisotopic (exact) mass is 255 g/mol. The molecule has 1 aromatic heterocycles. The molecule has 82 valence electrons. The van der Waals surface area contributed by atoms with E-state index in [9.17, 15) is 9.18 Å². The Labute approximate surface area is 99.0 Å². The lowest BCUT2D eigenvalue weighted by molar-refractivity contribution is 0.102. The zero-order chi connectivity index (χ0) is 11.4. The fourth-order valence-electron chi connectivity index (χ4n) is 1.03. The number of Topliss-reactive ketones (excluding diaryl/α,β-unsaturated/α-hetero) is 1. The molecule has 7 heteroatoms. The van der Waals surface area contributed by atoms with Crippen molar-refractivity contribution in [2.24, 2.45) is 0 Å². The third kappa shape index (κ3) is 2.83. The van der Waals surface area contributed by atoms with E-state index in [0.717, 1.165) is 11.5 Å². The van der Waals surface area contributed by atoms with Crippen LogP contribution in [0.3, 0.4) is 0 Å². The lowest BCUT2D eigenvalue weighted by atomic mass is 10.1.